The molecule has 7 heteroatoms. The summed E-state index contributed by atoms with van der Waals surface area (Å²) in [4.78, 5) is 10.9. The minimum Gasteiger partial charge on any atom is -0.468 e. The first-order valence-corrected chi connectivity index (χ1v) is 7.36. The van der Waals surface area contributed by atoms with E-state index < -0.39 is 21.6 Å². The molecule has 17 heavy (non-hydrogen) atoms. The Balaban J connectivity index is 0.00000256. The van der Waals surface area contributed by atoms with E-state index in [1.165, 1.54) is 7.11 Å². The van der Waals surface area contributed by atoms with Crippen LogP contribution >= 0.6 is 12.4 Å². The molecular weight excluding hydrogens is 266 g/mol. The van der Waals surface area contributed by atoms with Crippen molar-refractivity contribution < 1.29 is 17.9 Å². The number of sulfone groups is 1. The van der Waals surface area contributed by atoms with Gasteiger partial charge in [-0.15, -0.1) is 12.4 Å². The molecule has 1 unspecified atom stereocenters. The Bertz CT molecular complexity index is 325. The lowest BCUT2D eigenvalue weighted by Gasteiger charge is -2.23. The molecule has 102 valence electrons. The van der Waals surface area contributed by atoms with Crippen molar-refractivity contribution in [3.63, 3.8) is 0 Å². The van der Waals surface area contributed by atoms with Gasteiger partial charge in [0.15, 0.2) is 9.84 Å². The van der Waals surface area contributed by atoms with Gasteiger partial charge in [0, 0.05) is 6.04 Å². The molecule has 1 rings (SSSR count). The molecule has 5 nitrogen and oxygen atoms in total. The lowest BCUT2D eigenvalue weighted by molar-refractivity contribution is -0.137. The maximum atomic E-state index is 11.5. The molecule has 1 saturated heterocycles. The number of ether oxygens (including phenoxy) is 1. The fourth-order valence-corrected chi connectivity index (χ4v) is 3.07. The standard InChI is InChI=1S/C10H19NO4S.ClH/c1-15-10(12)8-16(13,14)7-5-9-4-2-3-6-11-9;/h9,11H,2-8H2,1H3;1H. The highest BCUT2D eigenvalue weighted by molar-refractivity contribution is 7.92. The fourth-order valence-electron chi connectivity index (χ4n) is 1.80. The minimum atomic E-state index is -3.31. The molecule has 1 atom stereocenters. The topological polar surface area (TPSA) is 72.5 Å². The number of rotatable bonds is 5. The summed E-state index contributed by atoms with van der Waals surface area (Å²) < 4.78 is 27.4. The Morgan fingerprint density at radius 3 is 2.65 bits per heavy atom. The van der Waals surface area contributed by atoms with Gasteiger partial charge in [-0.25, -0.2) is 8.42 Å². The second-order valence-corrected chi connectivity index (χ2v) is 6.29. The molecule has 0 saturated carbocycles. The van der Waals surface area contributed by atoms with Gasteiger partial charge in [0.1, 0.15) is 5.75 Å². The van der Waals surface area contributed by atoms with Gasteiger partial charge in [-0.1, -0.05) is 6.42 Å². The number of hydrogen-bond acceptors (Lipinski definition) is 5. The Kier molecular flexibility index (Phi) is 7.74. The van der Waals surface area contributed by atoms with Crippen molar-refractivity contribution in [3.8, 4) is 0 Å². The van der Waals surface area contributed by atoms with Gasteiger partial charge in [-0.05, 0) is 25.8 Å². The highest BCUT2D eigenvalue weighted by Gasteiger charge is 2.20. The normalized spacial score (nSPS) is 20.4. The SMILES string of the molecule is COC(=O)CS(=O)(=O)CCC1CCCCN1.Cl. The third kappa shape index (κ3) is 6.85. The predicted octanol–water partition coefficient (Wildman–Crippen LogP) is 0.528. The number of nitrogens with one attached hydrogen (secondary N) is 1. The number of hydrogen-bond donors (Lipinski definition) is 1. The van der Waals surface area contributed by atoms with Crippen molar-refractivity contribution in [2.24, 2.45) is 0 Å². The molecule has 0 amide bonds. The van der Waals surface area contributed by atoms with Gasteiger partial charge in [-0.3, -0.25) is 4.79 Å². The second kappa shape index (κ2) is 7.89. The summed E-state index contributed by atoms with van der Waals surface area (Å²) in [5, 5.41) is 3.28. The number of carbonyl (C=O) groups excluding carboxylic acids is 1. The van der Waals surface area contributed by atoms with E-state index in [0.717, 1.165) is 25.8 Å². The first kappa shape index (κ1) is 16.7. The molecule has 0 aliphatic carbocycles. The first-order chi connectivity index (χ1) is 7.53. The van der Waals surface area contributed by atoms with E-state index in [2.05, 4.69) is 10.1 Å². The quantitative estimate of drug-likeness (QED) is 0.746. The zero-order valence-corrected chi connectivity index (χ0v) is 11.6. The van der Waals surface area contributed by atoms with E-state index in [9.17, 15) is 13.2 Å². The molecule has 0 radical (unpaired) electrons. The van der Waals surface area contributed by atoms with Crippen LogP contribution < -0.4 is 5.32 Å². The molecule has 0 aromatic carbocycles. The maximum Gasteiger partial charge on any atom is 0.320 e. The van der Waals surface area contributed by atoms with E-state index >= 15 is 0 Å². The zero-order valence-electron chi connectivity index (χ0n) is 9.98. The van der Waals surface area contributed by atoms with Gasteiger partial charge < -0.3 is 10.1 Å². The summed E-state index contributed by atoms with van der Waals surface area (Å²) in [5.74, 6) is -1.13. The van der Waals surface area contributed by atoms with Crippen molar-refractivity contribution in [1.82, 2.24) is 5.32 Å². The molecule has 0 aromatic rings. The molecule has 1 N–H and O–H groups in total. The molecule has 1 heterocycles. The Hall–Kier alpha value is -0.330. The van der Waals surface area contributed by atoms with Crippen molar-refractivity contribution in [2.75, 3.05) is 25.2 Å². The van der Waals surface area contributed by atoms with Gasteiger partial charge in [-0.2, -0.15) is 0 Å². The summed E-state index contributed by atoms with van der Waals surface area (Å²) in [5.41, 5.74) is 0. The molecule has 1 aliphatic rings. The summed E-state index contributed by atoms with van der Waals surface area (Å²) in [6, 6.07) is 0.279. The lowest BCUT2D eigenvalue weighted by atomic mass is 10.0. The van der Waals surface area contributed by atoms with Crippen molar-refractivity contribution in [3.05, 3.63) is 0 Å². The number of halogens is 1. The number of esters is 1. The second-order valence-electron chi connectivity index (χ2n) is 4.10. The predicted molar refractivity (Wildman–Crippen MR) is 68.2 cm³/mol. The maximum absolute atomic E-state index is 11.5. The largest absolute Gasteiger partial charge is 0.468 e. The summed E-state index contributed by atoms with van der Waals surface area (Å²) >= 11 is 0. The van der Waals surface area contributed by atoms with Gasteiger partial charge in [0.05, 0.1) is 12.9 Å². The van der Waals surface area contributed by atoms with Crippen LogP contribution in [0.1, 0.15) is 25.7 Å². The summed E-state index contributed by atoms with van der Waals surface area (Å²) in [7, 11) is -2.11. The van der Waals surface area contributed by atoms with E-state index in [1.807, 2.05) is 0 Å². The highest BCUT2D eigenvalue weighted by atomic mass is 35.5. The van der Waals surface area contributed by atoms with E-state index in [4.69, 9.17) is 0 Å². The van der Waals surface area contributed by atoms with Crippen LogP contribution in [0.4, 0.5) is 0 Å². The average molecular weight is 286 g/mol. The van der Waals surface area contributed by atoms with Crippen LogP contribution in [-0.4, -0.2) is 45.6 Å². The first-order valence-electron chi connectivity index (χ1n) is 5.54. The van der Waals surface area contributed by atoms with Crippen LogP contribution in [0.25, 0.3) is 0 Å². The van der Waals surface area contributed by atoms with E-state index in [-0.39, 0.29) is 24.2 Å². The van der Waals surface area contributed by atoms with Crippen LogP contribution in [0.2, 0.25) is 0 Å². The summed E-state index contributed by atoms with van der Waals surface area (Å²) in [6.45, 7) is 0.960. The Labute approximate surface area is 109 Å². The molecule has 0 bridgehead atoms. The lowest BCUT2D eigenvalue weighted by Crippen LogP contribution is -2.36. The number of piperidine rings is 1. The average Bonchev–Trinajstić information content (AvgIpc) is 2.27. The molecule has 0 spiro atoms. The molecule has 0 aromatic heterocycles. The zero-order chi connectivity index (χ0) is 12.0. The molecule has 1 aliphatic heterocycles. The number of methoxy groups -OCH3 is 1. The molecule has 1 fully saturated rings. The monoisotopic (exact) mass is 285 g/mol. The third-order valence-electron chi connectivity index (χ3n) is 2.76. The fraction of sp³-hybridized carbons (Fsp3) is 0.900. The van der Waals surface area contributed by atoms with Gasteiger partial charge >= 0.3 is 5.97 Å². The van der Waals surface area contributed by atoms with Crippen molar-refractivity contribution in [2.45, 2.75) is 31.7 Å². The smallest absolute Gasteiger partial charge is 0.320 e. The van der Waals surface area contributed by atoms with E-state index in [1.54, 1.807) is 0 Å². The minimum absolute atomic E-state index is 0. The highest BCUT2D eigenvalue weighted by Crippen LogP contribution is 2.11. The molecular formula is C10H20ClNO4S. The van der Waals surface area contributed by atoms with Crippen LogP contribution in [0.3, 0.4) is 0 Å². The van der Waals surface area contributed by atoms with Gasteiger partial charge in [0.25, 0.3) is 0 Å². The van der Waals surface area contributed by atoms with Crippen LogP contribution in [-0.2, 0) is 19.4 Å². The Morgan fingerprint density at radius 1 is 1.41 bits per heavy atom. The van der Waals surface area contributed by atoms with Crippen molar-refractivity contribution >= 4 is 28.2 Å². The van der Waals surface area contributed by atoms with Gasteiger partial charge in [0.2, 0.25) is 0 Å². The van der Waals surface area contributed by atoms with Crippen molar-refractivity contribution in [1.29, 1.82) is 0 Å². The van der Waals surface area contributed by atoms with Crippen LogP contribution in [0.15, 0.2) is 0 Å². The summed E-state index contributed by atoms with van der Waals surface area (Å²) in [6.07, 6.45) is 3.91. The third-order valence-corrected chi connectivity index (χ3v) is 4.29. The Morgan fingerprint density at radius 2 is 2.12 bits per heavy atom. The van der Waals surface area contributed by atoms with Crippen LogP contribution in [0, 0.1) is 0 Å². The number of carbonyl (C=O) groups is 1. The van der Waals surface area contributed by atoms with E-state index in [0.29, 0.717) is 6.42 Å². The van der Waals surface area contributed by atoms with Crippen LogP contribution in [0.5, 0.6) is 0 Å².